The van der Waals surface area contributed by atoms with Crippen molar-refractivity contribution in [2.24, 2.45) is 5.92 Å². The Morgan fingerprint density at radius 1 is 1.24 bits per heavy atom. The van der Waals surface area contributed by atoms with E-state index in [2.05, 4.69) is 15.5 Å². The topological polar surface area (TPSA) is 162 Å². The number of aromatic hydroxyl groups is 1. The molecule has 4 rings (SSSR count). The molecule has 0 aliphatic heterocycles. The van der Waals surface area contributed by atoms with E-state index in [9.17, 15) is 13.2 Å². The van der Waals surface area contributed by atoms with Crippen LogP contribution in [0.15, 0.2) is 41.3 Å². The molecule has 33 heavy (non-hydrogen) atoms. The molecule has 0 radical (unpaired) electrons. The minimum Gasteiger partial charge on any atom is -0.492 e. The first-order valence-corrected chi connectivity index (χ1v) is 12.1. The number of benzene rings is 1. The third-order valence-electron chi connectivity index (χ3n) is 5.48. The Morgan fingerprint density at radius 2 is 1.97 bits per heavy atom. The Bertz CT molecular complexity index is 1130. The quantitative estimate of drug-likeness (QED) is 0.547. The van der Waals surface area contributed by atoms with Gasteiger partial charge in [0.25, 0.3) is 0 Å². The van der Waals surface area contributed by atoms with Gasteiger partial charge in [0.1, 0.15) is 5.54 Å². The van der Waals surface area contributed by atoms with Crippen LogP contribution in [0, 0.1) is 17.2 Å². The first-order chi connectivity index (χ1) is 15.6. The molecule has 1 aromatic heterocycles. The van der Waals surface area contributed by atoms with Gasteiger partial charge in [-0.2, -0.15) is 5.26 Å². The number of carbonyl (C=O) groups is 1. The molecule has 3 N–H and O–H groups in total. The zero-order valence-corrected chi connectivity index (χ0v) is 19.1. The van der Waals surface area contributed by atoms with Crippen LogP contribution in [0.2, 0.25) is 5.02 Å². The fraction of sp³-hybridized carbons (Fsp3) is 0.429. The summed E-state index contributed by atoms with van der Waals surface area (Å²) in [5.74, 6) is 0.266. The smallest absolute Gasteiger partial charge is 0.405 e. The summed E-state index contributed by atoms with van der Waals surface area (Å²) in [7, 11) is -3.44. The summed E-state index contributed by atoms with van der Waals surface area (Å²) in [6.45, 7) is 0.369. The van der Waals surface area contributed by atoms with Gasteiger partial charge in [-0.3, -0.25) is 0 Å². The second-order valence-electron chi connectivity index (χ2n) is 7.94. The van der Waals surface area contributed by atoms with Crippen molar-refractivity contribution in [2.75, 3.05) is 6.61 Å². The van der Waals surface area contributed by atoms with Gasteiger partial charge in [-0.1, -0.05) is 23.7 Å². The van der Waals surface area contributed by atoms with Crippen LogP contribution in [-0.4, -0.2) is 52.3 Å². The number of hydrogen-bond acceptors (Lipinski definition) is 8. The lowest BCUT2D eigenvalue weighted by Crippen LogP contribution is -2.33. The number of ether oxygens (including phenoxy) is 1. The highest BCUT2D eigenvalue weighted by Gasteiger charge is 2.44. The molecule has 0 unspecified atom stereocenters. The maximum atomic E-state index is 12.7. The third-order valence-corrected chi connectivity index (χ3v) is 8.19. The van der Waals surface area contributed by atoms with Crippen LogP contribution in [0.4, 0.5) is 4.79 Å². The Balaban J connectivity index is 0.000000286. The van der Waals surface area contributed by atoms with Gasteiger partial charge in [0.15, 0.2) is 9.84 Å². The first-order valence-electron chi connectivity index (χ1n) is 10.2. The number of nitrogens with one attached hydrogen (secondary N) is 1. The van der Waals surface area contributed by atoms with Crippen molar-refractivity contribution >= 4 is 27.5 Å². The second kappa shape index (κ2) is 10.2. The fourth-order valence-electron chi connectivity index (χ4n) is 3.50. The molecule has 0 bridgehead atoms. The van der Waals surface area contributed by atoms with E-state index < -0.39 is 26.7 Å². The predicted molar refractivity (Wildman–Crippen MR) is 118 cm³/mol. The SMILES string of the molecule is N#CC1(NC(=O)O)CC1.O=S(=O)(c1ccccc1Cl)[C@@H]1CC[C@@H](COc2ccc(O)nn2)C1. The molecule has 1 heterocycles. The van der Waals surface area contributed by atoms with E-state index in [1.165, 1.54) is 12.1 Å². The van der Waals surface area contributed by atoms with Crippen LogP contribution in [0.5, 0.6) is 11.8 Å². The largest absolute Gasteiger partial charge is 0.492 e. The highest BCUT2D eigenvalue weighted by Crippen LogP contribution is 2.36. The standard InChI is InChI=1S/C16H17ClN2O4S.C5H6N2O2/c17-13-3-1-2-4-14(13)24(21,22)12-6-5-11(9-12)10-23-16-8-7-15(20)18-19-16;6-3-5(1-2-5)7-4(8)9/h1-4,7-8,11-12H,5-6,9-10H2,(H,18,20);7H,1-2H2,(H,8,9)/t11-,12-;/m1./s1. The van der Waals surface area contributed by atoms with E-state index in [4.69, 9.17) is 31.8 Å². The van der Waals surface area contributed by atoms with Gasteiger partial charge in [-0.15, -0.1) is 10.2 Å². The average molecular weight is 495 g/mol. The molecular weight excluding hydrogens is 472 g/mol. The number of amides is 1. The molecule has 2 fully saturated rings. The molecule has 2 aliphatic carbocycles. The number of halogens is 1. The van der Waals surface area contributed by atoms with Gasteiger partial charge in [0.2, 0.25) is 11.8 Å². The van der Waals surface area contributed by atoms with E-state index in [0.29, 0.717) is 38.2 Å². The molecular formula is C21H23ClN4O6S. The van der Waals surface area contributed by atoms with Crippen molar-refractivity contribution < 1.29 is 28.2 Å². The zero-order chi connectivity index (χ0) is 24.1. The van der Waals surface area contributed by atoms with E-state index in [1.807, 2.05) is 6.07 Å². The van der Waals surface area contributed by atoms with Crippen LogP contribution in [0.25, 0.3) is 0 Å². The number of carboxylic acid groups (broad SMARTS) is 1. The van der Waals surface area contributed by atoms with Crippen molar-refractivity contribution in [1.29, 1.82) is 5.26 Å². The van der Waals surface area contributed by atoms with Crippen molar-refractivity contribution in [1.82, 2.24) is 15.5 Å². The summed E-state index contributed by atoms with van der Waals surface area (Å²) in [6.07, 6.45) is 2.06. The molecule has 2 aliphatic rings. The second-order valence-corrected chi connectivity index (χ2v) is 10.5. The highest BCUT2D eigenvalue weighted by atomic mass is 35.5. The molecule has 2 atom stereocenters. The van der Waals surface area contributed by atoms with Crippen molar-refractivity contribution in [3.63, 3.8) is 0 Å². The highest BCUT2D eigenvalue weighted by molar-refractivity contribution is 7.92. The summed E-state index contributed by atoms with van der Waals surface area (Å²) < 4.78 is 31.0. The maximum Gasteiger partial charge on any atom is 0.405 e. The van der Waals surface area contributed by atoms with Crippen LogP contribution in [-0.2, 0) is 9.84 Å². The number of nitrogens with zero attached hydrogens (tertiary/aromatic N) is 3. The number of rotatable bonds is 6. The molecule has 2 aromatic rings. The van der Waals surface area contributed by atoms with Crippen LogP contribution < -0.4 is 10.1 Å². The maximum absolute atomic E-state index is 12.7. The predicted octanol–water partition coefficient (Wildman–Crippen LogP) is 3.17. The van der Waals surface area contributed by atoms with Crippen LogP contribution in [0.3, 0.4) is 0 Å². The number of nitriles is 1. The summed E-state index contributed by atoms with van der Waals surface area (Å²) >= 11 is 6.04. The molecule has 1 amide bonds. The average Bonchev–Trinajstić information content (AvgIpc) is 3.37. The summed E-state index contributed by atoms with van der Waals surface area (Å²) in [6, 6.07) is 11.3. The molecule has 2 saturated carbocycles. The van der Waals surface area contributed by atoms with E-state index in [1.54, 1.807) is 24.3 Å². The van der Waals surface area contributed by atoms with Crippen LogP contribution in [0.1, 0.15) is 32.1 Å². The minimum atomic E-state index is -3.44. The summed E-state index contributed by atoms with van der Waals surface area (Å²) in [5.41, 5.74) is -0.730. The first kappa shape index (κ1) is 24.5. The van der Waals surface area contributed by atoms with E-state index in [-0.39, 0.29) is 21.7 Å². The van der Waals surface area contributed by atoms with Crippen molar-refractivity contribution in [3.8, 4) is 17.8 Å². The minimum absolute atomic E-state index is 0.128. The monoisotopic (exact) mass is 494 g/mol. The lowest BCUT2D eigenvalue weighted by molar-refractivity contribution is 0.191. The van der Waals surface area contributed by atoms with Crippen LogP contribution >= 0.6 is 11.6 Å². The zero-order valence-electron chi connectivity index (χ0n) is 17.5. The molecule has 12 heteroatoms. The molecule has 1 aromatic carbocycles. The number of aromatic nitrogens is 2. The Morgan fingerprint density at radius 3 is 2.52 bits per heavy atom. The van der Waals surface area contributed by atoms with Gasteiger partial charge in [0, 0.05) is 12.1 Å². The lowest BCUT2D eigenvalue weighted by Gasteiger charge is -2.14. The Hall–Kier alpha value is -3.10. The molecule has 176 valence electrons. The molecule has 0 saturated heterocycles. The van der Waals surface area contributed by atoms with Crippen molar-refractivity contribution in [3.05, 3.63) is 41.4 Å². The van der Waals surface area contributed by atoms with Gasteiger partial charge in [0.05, 0.1) is 27.8 Å². The van der Waals surface area contributed by atoms with Gasteiger partial charge >= 0.3 is 6.09 Å². The number of sulfone groups is 1. The molecule has 10 nitrogen and oxygen atoms in total. The van der Waals surface area contributed by atoms with Gasteiger partial charge < -0.3 is 20.3 Å². The summed E-state index contributed by atoms with van der Waals surface area (Å²) in [5, 5.41) is 34.7. The van der Waals surface area contributed by atoms with E-state index >= 15 is 0 Å². The Kier molecular flexibility index (Phi) is 7.61. The van der Waals surface area contributed by atoms with E-state index in [0.717, 1.165) is 6.42 Å². The van der Waals surface area contributed by atoms with Gasteiger partial charge in [-0.05, 0) is 50.2 Å². The lowest BCUT2D eigenvalue weighted by atomic mass is 10.1. The molecule has 0 spiro atoms. The van der Waals surface area contributed by atoms with Gasteiger partial charge in [-0.25, -0.2) is 13.2 Å². The summed E-state index contributed by atoms with van der Waals surface area (Å²) in [4.78, 5) is 10.1. The number of hydrogen-bond donors (Lipinski definition) is 3. The van der Waals surface area contributed by atoms with Crippen molar-refractivity contribution in [2.45, 2.75) is 47.8 Å². The Labute approximate surface area is 196 Å². The fourth-order valence-corrected chi connectivity index (χ4v) is 5.90. The normalized spacial score (nSPS) is 20.6. The third kappa shape index (κ3) is 6.46.